The molecule has 2 aromatic carbocycles. The Morgan fingerprint density at radius 3 is 2.30 bits per heavy atom. The molecule has 0 spiro atoms. The summed E-state index contributed by atoms with van der Waals surface area (Å²) in [6, 6.07) is 17.3. The molecule has 0 bridgehead atoms. The van der Waals surface area contributed by atoms with Crippen LogP contribution in [0.2, 0.25) is 5.02 Å². The lowest BCUT2D eigenvalue weighted by molar-refractivity contribution is 0.138. The molecular weight excluding hydrogens is 288 g/mol. The molecule has 0 heterocycles. The Balaban J connectivity index is 2.04. The molecule has 0 aliphatic rings. The Labute approximate surface area is 129 Å². The van der Waals surface area contributed by atoms with Crippen LogP contribution in [0.1, 0.15) is 18.6 Å². The lowest BCUT2D eigenvalue weighted by atomic mass is 9.97. The summed E-state index contributed by atoms with van der Waals surface area (Å²) in [4.78, 5) is 2.08. The first kappa shape index (κ1) is 15.2. The van der Waals surface area contributed by atoms with E-state index in [0.29, 0.717) is 5.02 Å². The number of halogens is 1. The van der Waals surface area contributed by atoms with Crippen molar-refractivity contribution in [1.29, 1.82) is 0 Å². The third kappa shape index (κ3) is 3.89. The second kappa shape index (κ2) is 6.98. The highest BCUT2D eigenvalue weighted by atomic mass is 35.5. The van der Waals surface area contributed by atoms with Gasteiger partial charge in [0.15, 0.2) is 0 Å². The topological polar surface area (TPSA) is 20.2 Å². The largest absolute Gasteiger partial charge is 0.388 e. The summed E-state index contributed by atoms with van der Waals surface area (Å²) in [6.45, 7) is 6.07. The smallest absolute Gasteiger partial charge is 0.0860 e. The van der Waals surface area contributed by atoms with Gasteiger partial charge in [0.05, 0.1) is 6.10 Å². The van der Waals surface area contributed by atoms with Crippen LogP contribution in [0.3, 0.4) is 0 Å². The Kier molecular flexibility index (Phi) is 5.30. The molecule has 0 unspecified atom stereocenters. The number of thioether (sulfide) groups is 1. The molecule has 0 radical (unpaired) electrons. The summed E-state index contributed by atoms with van der Waals surface area (Å²) in [5.74, 6) is -0.0404. The Morgan fingerprint density at radius 1 is 1.10 bits per heavy atom. The lowest BCUT2D eigenvalue weighted by Gasteiger charge is -2.21. The number of aliphatic hydroxyl groups excluding tert-OH is 1. The fraction of sp³-hybridized carbons (Fsp3) is 0.176. The van der Waals surface area contributed by atoms with E-state index in [9.17, 15) is 5.11 Å². The second-order valence-corrected chi connectivity index (χ2v) is 6.30. The van der Waals surface area contributed by atoms with Gasteiger partial charge >= 0.3 is 0 Å². The molecule has 0 saturated heterocycles. The molecular formula is C17H17ClOS. The van der Waals surface area contributed by atoms with Crippen molar-refractivity contribution < 1.29 is 5.11 Å². The standard InChI is InChI=1S/C17H17ClOS/c1-12(13(2)20-16-6-4-3-5-7-16)17(19)14-8-10-15(18)11-9-14/h3-12,17,19H,2H2,1H3/t12-,17-/m0/s1. The van der Waals surface area contributed by atoms with Crippen molar-refractivity contribution in [3.8, 4) is 0 Å². The van der Waals surface area contributed by atoms with Crippen molar-refractivity contribution in [3.63, 3.8) is 0 Å². The Morgan fingerprint density at radius 2 is 1.70 bits per heavy atom. The minimum atomic E-state index is -0.573. The van der Waals surface area contributed by atoms with Crippen molar-refractivity contribution in [1.82, 2.24) is 0 Å². The van der Waals surface area contributed by atoms with Crippen molar-refractivity contribution in [2.75, 3.05) is 0 Å². The highest BCUT2D eigenvalue weighted by Crippen LogP contribution is 2.36. The molecule has 0 aliphatic heterocycles. The quantitative estimate of drug-likeness (QED) is 0.755. The molecule has 0 saturated carbocycles. The zero-order valence-corrected chi connectivity index (χ0v) is 12.9. The van der Waals surface area contributed by atoms with Crippen LogP contribution >= 0.6 is 23.4 Å². The van der Waals surface area contributed by atoms with E-state index < -0.39 is 6.10 Å². The Bertz CT molecular complexity index is 565. The van der Waals surface area contributed by atoms with Crippen LogP contribution in [0.4, 0.5) is 0 Å². The molecule has 104 valence electrons. The average molecular weight is 305 g/mol. The van der Waals surface area contributed by atoms with E-state index >= 15 is 0 Å². The number of benzene rings is 2. The van der Waals surface area contributed by atoms with Crippen molar-refractivity contribution in [3.05, 3.63) is 76.7 Å². The van der Waals surface area contributed by atoms with Gasteiger partial charge in [0.25, 0.3) is 0 Å². The molecule has 1 N–H and O–H groups in total. The molecule has 2 rings (SSSR count). The highest BCUT2D eigenvalue weighted by molar-refractivity contribution is 8.03. The van der Waals surface area contributed by atoms with Crippen LogP contribution in [0, 0.1) is 5.92 Å². The van der Waals surface area contributed by atoms with E-state index in [0.717, 1.165) is 15.4 Å². The zero-order valence-electron chi connectivity index (χ0n) is 11.3. The van der Waals surface area contributed by atoms with E-state index in [1.807, 2.05) is 49.4 Å². The number of hydrogen-bond acceptors (Lipinski definition) is 2. The zero-order chi connectivity index (χ0) is 14.5. The number of rotatable bonds is 5. The molecule has 2 aromatic rings. The maximum absolute atomic E-state index is 10.4. The van der Waals surface area contributed by atoms with Gasteiger partial charge in [-0.2, -0.15) is 0 Å². The van der Waals surface area contributed by atoms with Gasteiger partial charge in [0, 0.05) is 15.8 Å². The first-order valence-electron chi connectivity index (χ1n) is 6.43. The molecule has 3 heteroatoms. The van der Waals surface area contributed by atoms with Crippen LogP contribution in [0.5, 0.6) is 0 Å². The summed E-state index contributed by atoms with van der Waals surface area (Å²) >= 11 is 7.46. The monoisotopic (exact) mass is 304 g/mol. The SMILES string of the molecule is C=C(Sc1ccccc1)[C@H](C)[C@H](O)c1ccc(Cl)cc1. The highest BCUT2D eigenvalue weighted by Gasteiger charge is 2.19. The first-order valence-corrected chi connectivity index (χ1v) is 7.62. The molecule has 0 amide bonds. The van der Waals surface area contributed by atoms with Gasteiger partial charge in [-0.05, 0) is 34.7 Å². The molecule has 0 aliphatic carbocycles. The summed E-state index contributed by atoms with van der Waals surface area (Å²) in [6.07, 6.45) is -0.573. The normalized spacial score (nSPS) is 13.8. The van der Waals surface area contributed by atoms with Gasteiger partial charge in [0.1, 0.15) is 0 Å². The fourth-order valence-electron chi connectivity index (χ4n) is 1.86. The van der Waals surface area contributed by atoms with E-state index in [1.54, 1.807) is 23.9 Å². The summed E-state index contributed by atoms with van der Waals surface area (Å²) in [5, 5.41) is 11.1. The molecule has 20 heavy (non-hydrogen) atoms. The van der Waals surface area contributed by atoms with Crippen molar-refractivity contribution in [2.45, 2.75) is 17.9 Å². The van der Waals surface area contributed by atoms with Gasteiger partial charge < -0.3 is 5.11 Å². The van der Waals surface area contributed by atoms with Crippen molar-refractivity contribution >= 4 is 23.4 Å². The van der Waals surface area contributed by atoms with E-state index in [4.69, 9.17) is 11.6 Å². The van der Waals surface area contributed by atoms with Crippen LogP contribution in [0.15, 0.2) is 71.0 Å². The minimum Gasteiger partial charge on any atom is -0.388 e. The third-order valence-corrected chi connectivity index (χ3v) is 4.58. The Hall–Kier alpha value is -1.22. The number of hydrogen-bond donors (Lipinski definition) is 1. The van der Waals surface area contributed by atoms with Crippen LogP contribution in [0.25, 0.3) is 0 Å². The predicted molar refractivity (Wildman–Crippen MR) is 87.0 cm³/mol. The molecule has 2 atom stereocenters. The fourth-order valence-corrected chi connectivity index (χ4v) is 2.89. The summed E-state index contributed by atoms with van der Waals surface area (Å²) in [7, 11) is 0. The van der Waals surface area contributed by atoms with Crippen molar-refractivity contribution in [2.24, 2.45) is 5.92 Å². The molecule has 1 nitrogen and oxygen atoms in total. The van der Waals surface area contributed by atoms with E-state index in [1.165, 1.54) is 0 Å². The summed E-state index contributed by atoms with van der Waals surface area (Å²) in [5.41, 5.74) is 0.858. The van der Waals surface area contributed by atoms with Crippen LogP contribution in [-0.2, 0) is 0 Å². The minimum absolute atomic E-state index is 0.0404. The van der Waals surface area contributed by atoms with Gasteiger partial charge in [-0.3, -0.25) is 0 Å². The van der Waals surface area contributed by atoms with Gasteiger partial charge in [0.2, 0.25) is 0 Å². The maximum Gasteiger partial charge on any atom is 0.0860 e. The first-order chi connectivity index (χ1) is 9.58. The van der Waals surface area contributed by atoms with E-state index in [2.05, 4.69) is 6.58 Å². The van der Waals surface area contributed by atoms with E-state index in [-0.39, 0.29) is 5.92 Å². The molecule has 0 aromatic heterocycles. The predicted octanol–water partition coefficient (Wildman–Crippen LogP) is 5.32. The van der Waals surface area contributed by atoms with Crippen LogP contribution in [-0.4, -0.2) is 5.11 Å². The summed E-state index contributed by atoms with van der Waals surface area (Å²) < 4.78 is 0. The van der Waals surface area contributed by atoms with Gasteiger partial charge in [-0.1, -0.05) is 67.2 Å². The molecule has 0 fully saturated rings. The lowest BCUT2D eigenvalue weighted by Crippen LogP contribution is -2.09. The average Bonchev–Trinajstić information content (AvgIpc) is 2.47. The van der Waals surface area contributed by atoms with Gasteiger partial charge in [-0.25, -0.2) is 0 Å². The second-order valence-electron chi connectivity index (χ2n) is 4.67. The maximum atomic E-state index is 10.4. The van der Waals surface area contributed by atoms with Crippen LogP contribution < -0.4 is 0 Å². The number of aliphatic hydroxyl groups is 1. The third-order valence-electron chi connectivity index (χ3n) is 3.19. The van der Waals surface area contributed by atoms with Gasteiger partial charge in [-0.15, -0.1) is 0 Å².